The van der Waals surface area contributed by atoms with Gasteiger partial charge in [0.25, 0.3) is 15.2 Å². The summed E-state index contributed by atoms with van der Waals surface area (Å²) >= 11 is 0. The van der Waals surface area contributed by atoms with Gasteiger partial charge in [-0.2, -0.15) is 0 Å². The lowest BCUT2D eigenvalue weighted by Crippen LogP contribution is -2.22. The zero-order valence-electron chi connectivity index (χ0n) is 12.0. The molecule has 2 N–H and O–H groups in total. The summed E-state index contributed by atoms with van der Waals surface area (Å²) in [6.07, 6.45) is 4.89. The first-order valence-corrected chi connectivity index (χ1v) is 8.88. The molecule has 0 bridgehead atoms. The molecule has 6 nitrogen and oxygen atoms in total. The number of nitrogens with two attached hydrogens (primary N) is 1. The molecule has 1 heterocycles. The minimum atomic E-state index is -3.81. The second-order valence-corrected chi connectivity index (χ2v) is 8.05. The van der Waals surface area contributed by atoms with Gasteiger partial charge in [0.1, 0.15) is 5.82 Å². The fourth-order valence-electron chi connectivity index (χ4n) is 3.01. The van der Waals surface area contributed by atoms with Crippen molar-refractivity contribution in [1.82, 2.24) is 14.8 Å². The number of primary sulfonamides is 1. The standard InChI is InChI=1S/C13H22N4O2S/c1-8(2)7-17-12(15-16-13(17)20(14,18)19)11(9-3-4-9)10-5-6-10/h8-11H,3-7H2,1-2H3,(H2,14,18,19). The maximum Gasteiger partial charge on any atom is 0.273 e. The van der Waals surface area contributed by atoms with Crippen molar-refractivity contribution in [2.75, 3.05) is 0 Å². The summed E-state index contributed by atoms with van der Waals surface area (Å²) in [6.45, 7) is 4.71. The van der Waals surface area contributed by atoms with Crippen molar-refractivity contribution in [3.05, 3.63) is 5.82 Å². The van der Waals surface area contributed by atoms with Crippen LogP contribution >= 0.6 is 0 Å². The van der Waals surface area contributed by atoms with Gasteiger partial charge in [-0.15, -0.1) is 10.2 Å². The van der Waals surface area contributed by atoms with E-state index in [1.807, 2.05) is 0 Å². The van der Waals surface area contributed by atoms with E-state index in [2.05, 4.69) is 24.0 Å². The highest BCUT2D eigenvalue weighted by Crippen LogP contribution is 2.54. The van der Waals surface area contributed by atoms with Crippen LogP contribution < -0.4 is 5.14 Å². The number of rotatable bonds is 6. The third-order valence-electron chi connectivity index (χ3n) is 4.11. The highest BCUT2D eigenvalue weighted by Gasteiger charge is 2.45. The van der Waals surface area contributed by atoms with Gasteiger partial charge in [-0.1, -0.05) is 13.8 Å². The molecule has 2 aliphatic carbocycles. The summed E-state index contributed by atoms with van der Waals surface area (Å²) in [7, 11) is -3.81. The van der Waals surface area contributed by atoms with Crippen molar-refractivity contribution in [3.63, 3.8) is 0 Å². The molecule has 0 aromatic carbocycles. The third-order valence-corrected chi connectivity index (χ3v) is 4.92. The van der Waals surface area contributed by atoms with Crippen LogP contribution in [-0.4, -0.2) is 23.2 Å². The topological polar surface area (TPSA) is 90.9 Å². The Hall–Kier alpha value is -0.950. The smallest absolute Gasteiger partial charge is 0.273 e. The van der Waals surface area contributed by atoms with Gasteiger partial charge in [-0.05, 0) is 43.4 Å². The normalized spacial score (nSPS) is 20.1. The monoisotopic (exact) mass is 298 g/mol. The van der Waals surface area contributed by atoms with E-state index in [0.29, 0.717) is 30.2 Å². The highest BCUT2D eigenvalue weighted by atomic mass is 32.2. The lowest BCUT2D eigenvalue weighted by Gasteiger charge is -2.18. The van der Waals surface area contributed by atoms with E-state index in [4.69, 9.17) is 5.14 Å². The van der Waals surface area contributed by atoms with Crippen LogP contribution in [0.25, 0.3) is 0 Å². The van der Waals surface area contributed by atoms with Crippen LogP contribution in [0.1, 0.15) is 51.3 Å². The Kier molecular flexibility index (Phi) is 3.36. The Balaban J connectivity index is 2.03. The molecule has 0 atom stereocenters. The molecular formula is C13H22N4O2S. The maximum absolute atomic E-state index is 11.7. The van der Waals surface area contributed by atoms with Crippen molar-refractivity contribution in [2.24, 2.45) is 22.9 Å². The summed E-state index contributed by atoms with van der Waals surface area (Å²) in [5.74, 6) is 2.85. The molecule has 0 amide bonds. The van der Waals surface area contributed by atoms with Gasteiger partial charge in [0.2, 0.25) is 0 Å². The number of aromatic nitrogens is 3. The molecule has 0 spiro atoms. The van der Waals surface area contributed by atoms with Gasteiger partial charge in [-0.3, -0.25) is 0 Å². The van der Waals surface area contributed by atoms with Gasteiger partial charge >= 0.3 is 0 Å². The number of nitrogens with zero attached hydrogens (tertiary/aromatic N) is 3. The number of hydrogen-bond donors (Lipinski definition) is 1. The van der Waals surface area contributed by atoms with E-state index in [9.17, 15) is 8.42 Å². The van der Waals surface area contributed by atoms with Crippen LogP contribution in [0, 0.1) is 17.8 Å². The third kappa shape index (κ3) is 2.74. The zero-order valence-corrected chi connectivity index (χ0v) is 12.8. The molecule has 0 aliphatic heterocycles. The second-order valence-electron chi connectivity index (χ2n) is 6.59. The summed E-state index contributed by atoms with van der Waals surface area (Å²) in [5, 5.41) is 13.3. The average Bonchev–Trinajstić information content (AvgIpc) is 3.18. The summed E-state index contributed by atoms with van der Waals surface area (Å²) in [6, 6.07) is 0. The Bertz CT molecular complexity index is 588. The van der Waals surface area contributed by atoms with E-state index in [1.54, 1.807) is 4.57 Å². The van der Waals surface area contributed by atoms with Crippen LogP contribution in [-0.2, 0) is 16.6 Å². The van der Waals surface area contributed by atoms with E-state index >= 15 is 0 Å². The van der Waals surface area contributed by atoms with Crippen LogP contribution in [0.2, 0.25) is 0 Å². The van der Waals surface area contributed by atoms with E-state index in [-0.39, 0.29) is 5.16 Å². The number of hydrogen-bond acceptors (Lipinski definition) is 4. The molecule has 112 valence electrons. The second kappa shape index (κ2) is 4.80. The van der Waals surface area contributed by atoms with Gasteiger partial charge < -0.3 is 4.57 Å². The average molecular weight is 298 g/mol. The molecule has 20 heavy (non-hydrogen) atoms. The fourth-order valence-corrected chi connectivity index (χ4v) is 3.64. The highest BCUT2D eigenvalue weighted by molar-refractivity contribution is 7.89. The molecular weight excluding hydrogens is 276 g/mol. The van der Waals surface area contributed by atoms with Crippen LogP contribution in [0.3, 0.4) is 0 Å². The predicted molar refractivity (Wildman–Crippen MR) is 74.4 cm³/mol. The van der Waals surface area contributed by atoms with E-state index in [0.717, 1.165) is 5.82 Å². The first-order chi connectivity index (χ1) is 9.38. The minimum absolute atomic E-state index is 0.0764. The molecule has 7 heteroatoms. The molecule has 0 saturated heterocycles. The quantitative estimate of drug-likeness (QED) is 0.861. The number of sulfonamides is 1. The molecule has 2 saturated carbocycles. The van der Waals surface area contributed by atoms with Crippen LogP contribution in [0.15, 0.2) is 5.16 Å². The van der Waals surface area contributed by atoms with Crippen LogP contribution in [0.5, 0.6) is 0 Å². The minimum Gasteiger partial charge on any atom is -0.300 e. The molecule has 3 rings (SSSR count). The summed E-state index contributed by atoms with van der Waals surface area (Å²) in [4.78, 5) is 0. The first kappa shape index (κ1) is 14.0. The van der Waals surface area contributed by atoms with Crippen molar-refractivity contribution < 1.29 is 8.42 Å². The Morgan fingerprint density at radius 3 is 2.15 bits per heavy atom. The molecule has 2 aliphatic rings. The zero-order chi connectivity index (χ0) is 14.5. The van der Waals surface area contributed by atoms with Crippen molar-refractivity contribution >= 4 is 10.0 Å². The van der Waals surface area contributed by atoms with Crippen molar-refractivity contribution in [1.29, 1.82) is 0 Å². The SMILES string of the molecule is CC(C)Cn1c(C(C2CC2)C2CC2)nnc1S(N)(=O)=O. The first-order valence-electron chi connectivity index (χ1n) is 7.34. The maximum atomic E-state index is 11.7. The molecule has 1 aromatic rings. The Morgan fingerprint density at radius 1 is 1.20 bits per heavy atom. The Morgan fingerprint density at radius 2 is 1.75 bits per heavy atom. The summed E-state index contributed by atoms with van der Waals surface area (Å²) < 4.78 is 25.1. The van der Waals surface area contributed by atoms with Gasteiger partial charge in [0.05, 0.1) is 0 Å². The largest absolute Gasteiger partial charge is 0.300 e. The van der Waals surface area contributed by atoms with Gasteiger partial charge in [0, 0.05) is 12.5 Å². The predicted octanol–water partition coefficient (Wildman–Crippen LogP) is 1.49. The van der Waals surface area contributed by atoms with E-state index in [1.165, 1.54) is 25.7 Å². The van der Waals surface area contributed by atoms with Gasteiger partial charge in [-0.25, -0.2) is 13.6 Å². The fraction of sp³-hybridized carbons (Fsp3) is 0.846. The molecule has 0 unspecified atom stereocenters. The molecule has 0 radical (unpaired) electrons. The molecule has 1 aromatic heterocycles. The van der Waals surface area contributed by atoms with Gasteiger partial charge in [0.15, 0.2) is 0 Å². The van der Waals surface area contributed by atoms with Crippen LogP contribution in [0.4, 0.5) is 0 Å². The summed E-state index contributed by atoms with van der Waals surface area (Å²) in [5.41, 5.74) is 0. The Labute approximate surface area is 119 Å². The lowest BCUT2D eigenvalue weighted by atomic mass is 9.97. The van der Waals surface area contributed by atoms with Crippen molar-refractivity contribution in [3.8, 4) is 0 Å². The molecule has 2 fully saturated rings. The van der Waals surface area contributed by atoms with E-state index < -0.39 is 10.0 Å². The van der Waals surface area contributed by atoms with Crippen molar-refractivity contribution in [2.45, 2.75) is 57.1 Å². The lowest BCUT2D eigenvalue weighted by molar-refractivity contribution is 0.425.